The Morgan fingerprint density at radius 3 is 2.39 bits per heavy atom. The standard InChI is InChI=1S/C16H26O2/c1-5-9-14(17)15(6-2)18-16-11-8-7-10-13(16)12(3)4/h7-8,10-12,14-15,17H,5-6,9H2,1-4H3. The molecule has 0 aliphatic rings. The molecule has 0 aliphatic heterocycles. The lowest BCUT2D eigenvalue weighted by Crippen LogP contribution is -2.31. The van der Waals surface area contributed by atoms with E-state index in [1.54, 1.807) is 0 Å². The van der Waals surface area contributed by atoms with Crippen molar-refractivity contribution in [3.63, 3.8) is 0 Å². The summed E-state index contributed by atoms with van der Waals surface area (Å²) in [6, 6.07) is 8.11. The van der Waals surface area contributed by atoms with Crippen molar-refractivity contribution in [3.05, 3.63) is 29.8 Å². The van der Waals surface area contributed by atoms with Gasteiger partial charge in [-0.15, -0.1) is 0 Å². The molecule has 1 rings (SSSR count). The number of para-hydroxylation sites is 1. The van der Waals surface area contributed by atoms with E-state index in [-0.39, 0.29) is 12.2 Å². The summed E-state index contributed by atoms with van der Waals surface area (Å²) in [7, 11) is 0. The van der Waals surface area contributed by atoms with Crippen LogP contribution in [0.25, 0.3) is 0 Å². The number of aliphatic hydroxyl groups is 1. The lowest BCUT2D eigenvalue weighted by Gasteiger charge is -2.25. The predicted molar refractivity (Wildman–Crippen MR) is 76.2 cm³/mol. The van der Waals surface area contributed by atoms with Crippen LogP contribution in [0, 0.1) is 0 Å². The molecule has 0 amide bonds. The van der Waals surface area contributed by atoms with E-state index in [2.05, 4.69) is 33.8 Å². The summed E-state index contributed by atoms with van der Waals surface area (Å²) in [6.45, 7) is 8.46. The number of rotatable bonds is 7. The SMILES string of the molecule is CCCC(O)C(CC)Oc1ccccc1C(C)C. The van der Waals surface area contributed by atoms with Crippen molar-refractivity contribution in [3.8, 4) is 5.75 Å². The molecule has 2 heteroatoms. The normalized spacial score (nSPS) is 14.6. The van der Waals surface area contributed by atoms with E-state index in [1.807, 2.05) is 18.2 Å². The third-order valence-corrected chi connectivity index (χ3v) is 3.24. The maximum atomic E-state index is 10.1. The minimum atomic E-state index is -0.375. The maximum Gasteiger partial charge on any atom is 0.124 e. The lowest BCUT2D eigenvalue weighted by atomic mass is 10.0. The topological polar surface area (TPSA) is 29.5 Å². The molecular weight excluding hydrogens is 224 g/mol. The summed E-state index contributed by atoms with van der Waals surface area (Å²) in [4.78, 5) is 0. The number of benzene rings is 1. The van der Waals surface area contributed by atoms with Gasteiger partial charge in [-0.05, 0) is 30.4 Å². The molecule has 1 N–H and O–H groups in total. The van der Waals surface area contributed by atoms with Crippen LogP contribution in [-0.4, -0.2) is 17.3 Å². The number of hydrogen-bond acceptors (Lipinski definition) is 2. The van der Waals surface area contributed by atoms with E-state index in [0.29, 0.717) is 5.92 Å². The van der Waals surface area contributed by atoms with E-state index in [0.717, 1.165) is 25.0 Å². The quantitative estimate of drug-likeness (QED) is 0.788. The zero-order chi connectivity index (χ0) is 13.5. The summed E-state index contributed by atoms with van der Waals surface area (Å²) < 4.78 is 6.02. The summed E-state index contributed by atoms with van der Waals surface area (Å²) in [6.07, 6.45) is 2.12. The molecule has 0 saturated carbocycles. The molecule has 0 saturated heterocycles. The van der Waals surface area contributed by atoms with Crippen molar-refractivity contribution in [1.29, 1.82) is 0 Å². The van der Waals surface area contributed by atoms with Gasteiger partial charge in [-0.25, -0.2) is 0 Å². The zero-order valence-electron chi connectivity index (χ0n) is 12.0. The van der Waals surface area contributed by atoms with Crippen molar-refractivity contribution in [1.82, 2.24) is 0 Å². The molecule has 1 aromatic rings. The van der Waals surface area contributed by atoms with Gasteiger partial charge >= 0.3 is 0 Å². The van der Waals surface area contributed by atoms with Crippen LogP contribution in [0.1, 0.15) is 58.4 Å². The van der Waals surface area contributed by atoms with E-state index < -0.39 is 0 Å². The van der Waals surface area contributed by atoms with Crippen LogP contribution in [0.3, 0.4) is 0 Å². The van der Waals surface area contributed by atoms with Crippen molar-refractivity contribution in [2.75, 3.05) is 0 Å². The molecule has 2 unspecified atom stereocenters. The summed E-state index contributed by atoms with van der Waals surface area (Å²) in [5, 5.41) is 10.1. The van der Waals surface area contributed by atoms with Crippen molar-refractivity contribution in [2.45, 2.75) is 65.1 Å². The van der Waals surface area contributed by atoms with Crippen LogP contribution in [-0.2, 0) is 0 Å². The van der Waals surface area contributed by atoms with E-state index in [1.165, 1.54) is 5.56 Å². The second kappa shape index (κ2) is 7.42. The second-order valence-corrected chi connectivity index (χ2v) is 5.11. The average Bonchev–Trinajstić information content (AvgIpc) is 2.36. The molecular formula is C16H26O2. The monoisotopic (exact) mass is 250 g/mol. The fourth-order valence-corrected chi connectivity index (χ4v) is 2.14. The fraction of sp³-hybridized carbons (Fsp3) is 0.625. The van der Waals surface area contributed by atoms with Gasteiger partial charge in [0.25, 0.3) is 0 Å². The first-order valence-corrected chi connectivity index (χ1v) is 7.03. The highest BCUT2D eigenvalue weighted by molar-refractivity contribution is 5.35. The van der Waals surface area contributed by atoms with E-state index >= 15 is 0 Å². The Morgan fingerprint density at radius 2 is 1.83 bits per heavy atom. The first-order valence-electron chi connectivity index (χ1n) is 7.03. The summed E-state index contributed by atoms with van der Waals surface area (Å²) >= 11 is 0. The predicted octanol–water partition coefficient (Wildman–Crippen LogP) is 4.13. The van der Waals surface area contributed by atoms with Gasteiger partial charge in [0, 0.05) is 0 Å². The Labute approximate surface area is 111 Å². The first kappa shape index (κ1) is 15.0. The van der Waals surface area contributed by atoms with Crippen LogP contribution in [0.4, 0.5) is 0 Å². The Morgan fingerprint density at radius 1 is 1.17 bits per heavy atom. The lowest BCUT2D eigenvalue weighted by molar-refractivity contribution is 0.0278. The van der Waals surface area contributed by atoms with Crippen LogP contribution in [0.15, 0.2) is 24.3 Å². The van der Waals surface area contributed by atoms with Gasteiger partial charge in [-0.1, -0.05) is 52.3 Å². The average molecular weight is 250 g/mol. The molecule has 0 heterocycles. The number of ether oxygens (including phenoxy) is 1. The second-order valence-electron chi connectivity index (χ2n) is 5.11. The molecule has 0 aromatic heterocycles. The highest BCUT2D eigenvalue weighted by Gasteiger charge is 2.19. The molecule has 2 atom stereocenters. The molecule has 2 nitrogen and oxygen atoms in total. The molecule has 102 valence electrons. The molecule has 0 spiro atoms. The fourth-order valence-electron chi connectivity index (χ4n) is 2.14. The zero-order valence-corrected chi connectivity index (χ0v) is 12.0. The Balaban J connectivity index is 2.81. The first-order chi connectivity index (χ1) is 8.60. The van der Waals surface area contributed by atoms with Gasteiger partial charge in [0.05, 0.1) is 6.10 Å². The molecule has 1 aromatic carbocycles. The Kier molecular flexibility index (Phi) is 6.20. The Hall–Kier alpha value is -1.02. The highest BCUT2D eigenvalue weighted by atomic mass is 16.5. The minimum absolute atomic E-state index is 0.107. The van der Waals surface area contributed by atoms with E-state index in [9.17, 15) is 5.11 Å². The summed E-state index contributed by atoms with van der Waals surface area (Å²) in [5.74, 6) is 1.34. The third kappa shape index (κ3) is 4.02. The molecule has 0 aliphatic carbocycles. The summed E-state index contributed by atoms with van der Waals surface area (Å²) in [5.41, 5.74) is 1.21. The van der Waals surface area contributed by atoms with E-state index in [4.69, 9.17) is 4.74 Å². The van der Waals surface area contributed by atoms with Gasteiger partial charge < -0.3 is 9.84 Å². The van der Waals surface area contributed by atoms with Crippen molar-refractivity contribution in [2.24, 2.45) is 0 Å². The third-order valence-electron chi connectivity index (χ3n) is 3.24. The van der Waals surface area contributed by atoms with Gasteiger partial charge in [0.1, 0.15) is 11.9 Å². The Bertz CT molecular complexity index is 347. The smallest absolute Gasteiger partial charge is 0.124 e. The molecule has 0 fully saturated rings. The number of aliphatic hydroxyl groups excluding tert-OH is 1. The van der Waals surface area contributed by atoms with Crippen LogP contribution >= 0.6 is 0 Å². The maximum absolute atomic E-state index is 10.1. The highest BCUT2D eigenvalue weighted by Crippen LogP contribution is 2.28. The van der Waals surface area contributed by atoms with Gasteiger partial charge in [0.2, 0.25) is 0 Å². The molecule has 0 bridgehead atoms. The van der Waals surface area contributed by atoms with Crippen LogP contribution in [0.5, 0.6) is 5.75 Å². The van der Waals surface area contributed by atoms with Crippen molar-refractivity contribution >= 4 is 0 Å². The minimum Gasteiger partial charge on any atom is -0.487 e. The van der Waals surface area contributed by atoms with Gasteiger partial charge in [-0.3, -0.25) is 0 Å². The molecule has 18 heavy (non-hydrogen) atoms. The molecule has 0 radical (unpaired) electrons. The van der Waals surface area contributed by atoms with Crippen LogP contribution in [0.2, 0.25) is 0 Å². The van der Waals surface area contributed by atoms with Gasteiger partial charge in [-0.2, -0.15) is 0 Å². The largest absolute Gasteiger partial charge is 0.487 e. The van der Waals surface area contributed by atoms with Crippen molar-refractivity contribution < 1.29 is 9.84 Å². The van der Waals surface area contributed by atoms with Gasteiger partial charge in [0.15, 0.2) is 0 Å². The number of hydrogen-bond donors (Lipinski definition) is 1. The van der Waals surface area contributed by atoms with Crippen LogP contribution < -0.4 is 4.74 Å².